The topological polar surface area (TPSA) is 104 Å². The Hall–Kier alpha value is -2.64. The summed E-state index contributed by atoms with van der Waals surface area (Å²) in [6.45, 7) is 9.43. The third-order valence-corrected chi connectivity index (χ3v) is 3.09. The summed E-state index contributed by atoms with van der Waals surface area (Å²) in [5.41, 5.74) is 0.338. The molecule has 0 heterocycles. The van der Waals surface area contributed by atoms with Crippen LogP contribution in [0.15, 0.2) is 23.2 Å². The lowest BCUT2D eigenvalue weighted by molar-refractivity contribution is 0.0529. The van der Waals surface area contributed by atoms with Crippen molar-refractivity contribution in [3.8, 4) is 11.5 Å². The Labute approximate surface area is 155 Å². The number of nitrogens with zero attached hydrogens (tertiary/aromatic N) is 1. The SMILES string of the molecule is CCNC(=NCc1ccc(OC)c(O)c1)NCCNC(=O)OC(C)(C)C. The number of ether oxygens (including phenoxy) is 2. The zero-order valence-corrected chi connectivity index (χ0v) is 16.2. The molecule has 0 unspecified atom stereocenters. The first-order valence-corrected chi connectivity index (χ1v) is 8.60. The zero-order valence-electron chi connectivity index (χ0n) is 16.2. The molecule has 26 heavy (non-hydrogen) atoms. The average Bonchev–Trinajstić information content (AvgIpc) is 2.55. The molecule has 0 aliphatic heterocycles. The van der Waals surface area contributed by atoms with Crippen molar-refractivity contribution in [2.24, 2.45) is 4.99 Å². The van der Waals surface area contributed by atoms with Gasteiger partial charge >= 0.3 is 6.09 Å². The van der Waals surface area contributed by atoms with E-state index in [0.717, 1.165) is 5.56 Å². The first-order valence-electron chi connectivity index (χ1n) is 8.60. The number of carbonyl (C=O) groups is 1. The molecule has 0 aliphatic carbocycles. The molecule has 8 heteroatoms. The van der Waals surface area contributed by atoms with Gasteiger partial charge in [0.2, 0.25) is 0 Å². The molecule has 146 valence electrons. The maximum absolute atomic E-state index is 11.6. The van der Waals surface area contributed by atoms with Crippen molar-refractivity contribution in [1.29, 1.82) is 0 Å². The Morgan fingerprint density at radius 3 is 2.46 bits per heavy atom. The number of hydrogen-bond acceptors (Lipinski definition) is 5. The Balaban J connectivity index is 2.48. The van der Waals surface area contributed by atoms with Gasteiger partial charge in [-0.05, 0) is 45.4 Å². The predicted octanol–water partition coefficient (Wildman–Crippen LogP) is 1.98. The molecule has 1 amide bonds. The second kappa shape index (κ2) is 10.4. The lowest BCUT2D eigenvalue weighted by Crippen LogP contribution is -2.42. The van der Waals surface area contributed by atoms with Crippen LogP contribution in [0.4, 0.5) is 4.79 Å². The van der Waals surface area contributed by atoms with Gasteiger partial charge in [0, 0.05) is 19.6 Å². The van der Waals surface area contributed by atoms with Gasteiger partial charge in [-0.15, -0.1) is 0 Å². The largest absolute Gasteiger partial charge is 0.504 e. The van der Waals surface area contributed by atoms with Crippen molar-refractivity contribution in [1.82, 2.24) is 16.0 Å². The van der Waals surface area contributed by atoms with E-state index in [9.17, 15) is 9.90 Å². The second-order valence-corrected chi connectivity index (χ2v) is 6.56. The summed E-state index contributed by atoms with van der Waals surface area (Å²) in [4.78, 5) is 16.0. The molecule has 4 N–H and O–H groups in total. The van der Waals surface area contributed by atoms with Gasteiger partial charge in [0.1, 0.15) is 5.60 Å². The fourth-order valence-corrected chi connectivity index (χ4v) is 2.01. The fourth-order valence-electron chi connectivity index (χ4n) is 2.01. The molecule has 0 aromatic heterocycles. The summed E-state index contributed by atoms with van der Waals surface area (Å²) >= 11 is 0. The van der Waals surface area contributed by atoms with Gasteiger partial charge in [0.05, 0.1) is 13.7 Å². The Kier molecular flexibility index (Phi) is 8.54. The summed E-state index contributed by atoms with van der Waals surface area (Å²) < 4.78 is 10.2. The highest BCUT2D eigenvalue weighted by molar-refractivity contribution is 5.79. The Morgan fingerprint density at radius 1 is 1.19 bits per heavy atom. The fraction of sp³-hybridized carbons (Fsp3) is 0.556. The van der Waals surface area contributed by atoms with Crippen molar-refractivity contribution in [2.75, 3.05) is 26.7 Å². The van der Waals surface area contributed by atoms with Gasteiger partial charge in [-0.2, -0.15) is 0 Å². The molecule has 1 aromatic rings. The molecule has 0 aliphatic rings. The number of phenols is 1. The summed E-state index contributed by atoms with van der Waals surface area (Å²) in [6, 6.07) is 5.16. The normalized spacial score (nSPS) is 11.7. The molecule has 0 fully saturated rings. The molecule has 8 nitrogen and oxygen atoms in total. The van der Waals surface area contributed by atoms with Crippen LogP contribution in [-0.4, -0.2) is 49.5 Å². The highest BCUT2D eigenvalue weighted by Gasteiger charge is 2.15. The molecular formula is C18H30N4O4. The number of guanidine groups is 1. The molecule has 0 saturated carbocycles. The standard InChI is InChI=1S/C18H30N4O4/c1-6-19-16(20-9-10-21-17(24)26-18(2,3)4)22-12-13-7-8-15(25-5)14(23)11-13/h7-8,11,23H,6,9-10,12H2,1-5H3,(H,21,24)(H2,19,20,22). The van der Waals surface area contributed by atoms with Crippen LogP contribution < -0.4 is 20.7 Å². The van der Waals surface area contributed by atoms with Crippen LogP contribution in [0.25, 0.3) is 0 Å². The number of benzene rings is 1. The van der Waals surface area contributed by atoms with E-state index in [4.69, 9.17) is 9.47 Å². The maximum Gasteiger partial charge on any atom is 0.407 e. The zero-order chi connectivity index (χ0) is 19.6. The minimum absolute atomic E-state index is 0.0831. The van der Waals surface area contributed by atoms with Crippen LogP contribution in [0.5, 0.6) is 11.5 Å². The van der Waals surface area contributed by atoms with Crippen LogP contribution in [-0.2, 0) is 11.3 Å². The number of aliphatic imine (C=N–C) groups is 1. The number of rotatable bonds is 7. The van der Waals surface area contributed by atoms with Gasteiger partial charge in [-0.3, -0.25) is 0 Å². The number of hydrogen-bond donors (Lipinski definition) is 4. The van der Waals surface area contributed by atoms with Gasteiger partial charge in [0.25, 0.3) is 0 Å². The average molecular weight is 366 g/mol. The third-order valence-electron chi connectivity index (χ3n) is 3.09. The number of carbonyl (C=O) groups excluding carboxylic acids is 1. The van der Waals surface area contributed by atoms with Crippen LogP contribution in [0.3, 0.4) is 0 Å². The van der Waals surface area contributed by atoms with Gasteiger partial charge in [-0.1, -0.05) is 6.07 Å². The number of nitrogens with one attached hydrogen (secondary N) is 3. The molecule has 0 atom stereocenters. The summed E-state index contributed by atoms with van der Waals surface area (Å²) in [5.74, 6) is 1.13. The van der Waals surface area contributed by atoms with Crippen molar-refractivity contribution in [3.63, 3.8) is 0 Å². The first kappa shape index (κ1) is 21.4. The van der Waals surface area contributed by atoms with E-state index in [0.29, 0.717) is 37.9 Å². The van der Waals surface area contributed by atoms with E-state index in [1.54, 1.807) is 12.1 Å². The summed E-state index contributed by atoms with van der Waals surface area (Å²) in [7, 11) is 1.51. The van der Waals surface area contributed by atoms with E-state index in [2.05, 4.69) is 20.9 Å². The van der Waals surface area contributed by atoms with Crippen LogP contribution in [0.2, 0.25) is 0 Å². The third kappa shape index (κ3) is 8.46. The highest BCUT2D eigenvalue weighted by atomic mass is 16.6. The van der Waals surface area contributed by atoms with Crippen LogP contribution in [0.1, 0.15) is 33.3 Å². The number of phenolic OH excluding ortho intramolecular Hbond substituents is 1. The van der Waals surface area contributed by atoms with Crippen molar-refractivity contribution in [3.05, 3.63) is 23.8 Å². The predicted molar refractivity (Wildman–Crippen MR) is 102 cm³/mol. The molecule has 0 spiro atoms. The van der Waals surface area contributed by atoms with Crippen molar-refractivity contribution in [2.45, 2.75) is 39.8 Å². The molecule has 1 aromatic carbocycles. The van der Waals surface area contributed by atoms with Crippen LogP contribution >= 0.6 is 0 Å². The van der Waals surface area contributed by atoms with Crippen LogP contribution in [0, 0.1) is 0 Å². The number of amides is 1. The van der Waals surface area contributed by atoms with Gasteiger partial charge in [0.15, 0.2) is 17.5 Å². The lowest BCUT2D eigenvalue weighted by Gasteiger charge is -2.19. The van der Waals surface area contributed by atoms with E-state index in [1.165, 1.54) is 7.11 Å². The quantitative estimate of drug-likeness (QED) is 0.334. The maximum atomic E-state index is 11.6. The molecular weight excluding hydrogens is 336 g/mol. The number of alkyl carbamates (subject to hydrolysis) is 1. The molecule has 0 radical (unpaired) electrons. The Bertz CT molecular complexity index is 612. The van der Waals surface area contributed by atoms with Crippen molar-refractivity contribution >= 4 is 12.1 Å². The molecule has 0 saturated heterocycles. The van der Waals surface area contributed by atoms with E-state index >= 15 is 0 Å². The van der Waals surface area contributed by atoms with Crippen molar-refractivity contribution < 1.29 is 19.4 Å². The number of aromatic hydroxyl groups is 1. The minimum atomic E-state index is -0.516. The van der Waals surface area contributed by atoms with Gasteiger partial charge < -0.3 is 30.5 Å². The second-order valence-electron chi connectivity index (χ2n) is 6.56. The highest BCUT2D eigenvalue weighted by Crippen LogP contribution is 2.26. The summed E-state index contributed by atoms with van der Waals surface area (Å²) in [5, 5.41) is 18.7. The smallest absolute Gasteiger partial charge is 0.407 e. The number of methoxy groups -OCH3 is 1. The Morgan fingerprint density at radius 2 is 1.88 bits per heavy atom. The monoisotopic (exact) mass is 366 g/mol. The van der Waals surface area contributed by atoms with E-state index in [-0.39, 0.29) is 5.75 Å². The van der Waals surface area contributed by atoms with E-state index < -0.39 is 11.7 Å². The molecule has 0 bridgehead atoms. The first-order chi connectivity index (χ1) is 12.2. The molecule has 1 rings (SSSR count). The van der Waals surface area contributed by atoms with Gasteiger partial charge in [-0.25, -0.2) is 9.79 Å². The van der Waals surface area contributed by atoms with E-state index in [1.807, 2.05) is 33.8 Å². The lowest BCUT2D eigenvalue weighted by atomic mass is 10.2. The summed E-state index contributed by atoms with van der Waals surface area (Å²) in [6.07, 6.45) is -0.449. The minimum Gasteiger partial charge on any atom is -0.504 e.